The molecule has 0 aromatic rings. The van der Waals surface area contributed by atoms with Crippen LogP contribution in [0.2, 0.25) is 0 Å². The van der Waals surface area contributed by atoms with E-state index in [1.807, 2.05) is 0 Å². The summed E-state index contributed by atoms with van der Waals surface area (Å²) in [5, 5.41) is 0. The predicted molar refractivity (Wildman–Crippen MR) is 62.2 cm³/mol. The maximum atomic E-state index is 2.47. The maximum absolute atomic E-state index is 2.47. The van der Waals surface area contributed by atoms with Gasteiger partial charge < -0.3 is 0 Å². The van der Waals surface area contributed by atoms with E-state index in [0.717, 1.165) is 23.7 Å². The van der Waals surface area contributed by atoms with Crippen LogP contribution < -0.4 is 0 Å². The summed E-state index contributed by atoms with van der Waals surface area (Å²) >= 11 is 0. The summed E-state index contributed by atoms with van der Waals surface area (Å²) in [5.74, 6) is 3.89. The van der Waals surface area contributed by atoms with Crippen molar-refractivity contribution in [2.75, 3.05) is 0 Å². The fourth-order valence-electron chi connectivity index (χ4n) is 5.19. The minimum atomic E-state index is 0.707. The highest BCUT2D eigenvalue weighted by molar-refractivity contribution is 5.03. The van der Waals surface area contributed by atoms with Gasteiger partial charge in [-0.05, 0) is 54.8 Å². The van der Waals surface area contributed by atoms with Crippen LogP contribution in [0.5, 0.6) is 0 Å². The van der Waals surface area contributed by atoms with Gasteiger partial charge in [-0.1, -0.05) is 34.1 Å². The van der Waals surface area contributed by atoms with Gasteiger partial charge in [0.15, 0.2) is 0 Å². The molecule has 0 radical (unpaired) electrons. The van der Waals surface area contributed by atoms with Crippen LogP contribution in [0.15, 0.2) is 0 Å². The molecule has 2 fully saturated rings. The lowest BCUT2D eigenvalue weighted by molar-refractivity contribution is -0.0212. The molecule has 82 valence electrons. The number of rotatable bonds is 2. The molecule has 0 spiro atoms. The molecular formula is C14H26. The molecule has 0 aromatic heterocycles. The molecule has 2 saturated carbocycles. The van der Waals surface area contributed by atoms with Gasteiger partial charge >= 0.3 is 0 Å². The van der Waals surface area contributed by atoms with Crippen LogP contribution >= 0.6 is 0 Å². The highest BCUT2D eigenvalue weighted by Gasteiger charge is 2.54. The third kappa shape index (κ3) is 1.19. The Balaban J connectivity index is 2.34. The monoisotopic (exact) mass is 194 g/mol. The lowest BCUT2D eigenvalue weighted by atomic mass is 9.54. The van der Waals surface area contributed by atoms with Crippen LogP contribution in [0.4, 0.5) is 0 Å². The average molecular weight is 194 g/mol. The largest absolute Gasteiger partial charge is 0.0622 e. The fourth-order valence-corrected chi connectivity index (χ4v) is 5.19. The van der Waals surface area contributed by atoms with E-state index < -0.39 is 0 Å². The summed E-state index contributed by atoms with van der Waals surface area (Å²) in [5.41, 5.74) is 0.707. The van der Waals surface area contributed by atoms with Gasteiger partial charge in [0, 0.05) is 0 Å². The van der Waals surface area contributed by atoms with Crippen molar-refractivity contribution in [1.82, 2.24) is 0 Å². The second-order valence-corrected chi connectivity index (χ2v) is 6.21. The Morgan fingerprint density at radius 1 is 0.786 bits per heavy atom. The first kappa shape index (κ1) is 10.5. The zero-order valence-electron chi connectivity index (χ0n) is 10.3. The van der Waals surface area contributed by atoms with Crippen LogP contribution in [-0.4, -0.2) is 0 Å². The summed E-state index contributed by atoms with van der Waals surface area (Å²) in [6.07, 6.45) is 7.61. The van der Waals surface area contributed by atoms with E-state index in [2.05, 4.69) is 27.7 Å². The van der Waals surface area contributed by atoms with E-state index >= 15 is 0 Å². The standard InChI is InChI=1S/C14H26/c1-10(2)14(11(3)4)12-6-5-7-13(14)9-8-12/h10-13H,5-9H2,1-4H3. The smallest absolute Gasteiger partial charge is 0.0195 e. The predicted octanol–water partition coefficient (Wildman–Crippen LogP) is 4.49. The number of hydrogen-bond donors (Lipinski definition) is 0. The first-order chi connectivity index (χ1) is 6.60. The lowest BCUT2D eigenvalue weighted by Gasteiger charge is -2.50. The molecule has 2 aliphatic carbocycles. The van der Waals surface area contributed by atoms with E-state index in [-0.39, 0.29) is 0 Å². The van der Waals surface area contributed by atoms with E-state index in [1.165, 1.54) is 32.1 Å². The third-order valence-corrected chi connectivity index (χ3v) is 5.38. The molecule has 2 aliphatic rings. The molecule has 14 heavy (non-hydrogen) atoms. The van der Waals surface area contributed by atoms with Crippen LogP contribution in [0.1, 0.15) is 59.8 Å². The van der Waals surface area contributed by atoms with Crippen molar-refractivity contribution in [2.24, 2.45) is 29.1 Å². The zero-order chi connectivity index (χ0) is 10.3. The summed E-state index contributed by atoms with van der Waals surface area (Å²) in [6.45, 7) is 9.88. The van der Waals surface area contributed by atoms with E-state index in [1.54, 1.807) is 0 Å². The van der Waals surface area contributed by atoms with Crippen molar-refractivity contribution in [3.05, 3.63) is 0 Å². The van der Waals surface area contributed by atoms with Crippen molar-refractivity contribution in [3.8, 4) is 0 Å². The molecule has 0 heteroatoms. The third-order valence-electron chi connectivity index (χ3n) is 5.38. The van der Waals surface area contributed by atoms with Crippen molar-refractivity contribution >= 4 is 0 Å². The summed E-state index contributed by atoms with van der Waals surface area (Å²) in [6, 6.07) is 0. The number of fused-ring (bicyclic) bond motifs is 2. The Morgan fingerprint density at radius 2 is 1.21 bits per heavy atom. The molecule has 0 aliphatic heterocycles. The lowest BCUT2D eigenvalue weighted by Crippen LogP contribution is -2.44. The molecule has 0 saturated heterocycles. The highest BCUT2D eigenvalue weighted by Crippen LogP contribution is 2.62. The molecular weight excluding hydrogens is 168 g/mol. The molecule has 2 unspecified atom stereocenters. The van der Waals surface area contributed by atoms with E-state index in [0.29, 0.717) is 5.41 Å². The molecule has 0 N–H and O–H groups in total. The average Bonchev–Trinajstić information content (AvgIpc) is 2.30. The molecule has 2 atom stereocenters. The molecule has 0 heterocycles. The van der Waals surface area contributed by atoms with E-state index in [4.69, 9.17) is 0 Å². The zero-order valence-corrected chi connectivity index (χ0v) is 10.3. The van der Waals surface area contributed by atoms with Gasteiger partial charge in [0.25, 0.3) is 0 Å². The topological polar surface area (TPSA) is 0 Å². The Bertz CT molecular complexity index is 176. The van der Waals surface area contributed by atoms with Gasteiger partial charge in [0.2, 0.25) is 0 Å². The van der Waals surface area contributed by atoms with Crippen LogP contribution in [0.3, 0.4) is 0 Å². The summed E-state index contributed by atoms with van der Waals surface area (Å²) < 4.78 is 0. The molecule has 0 amide bonds. The van der Waals surface area contributed by atoms with Gasteiger partial charge in [-0.2, -0.15) is 0 Å². The molecule has 2 bridgehead atoms. The minimum Gasteiger partial charge on any atom is -0.0622 e. The van der Waals surface area contributed by atoms with Crippen molar-refractivity contribution in [2.45, 2.75) is 59.8 Å². The first-order valence-corrected chi connectivity index (χ1v) is 6.60. The fraction of sp³-hybridized carbons (Fsp3) is 1.00. The second-order valence-electron chi connectivity index (χ2n) is 6.21. The van der Waals surface area contributed by atoms with Crippen LogP contribution in [0, 0.1) is 29.1 Å². The second kappa shape index (κ2) is 3.54. The van der Waals surface area contributed by atoms with Gasteiger partial charge in [0.1, 0.15) is 0 Å². The van der Waals surface area contributed by atoms with Crippen molar-refractivity contribution < 1.29 is 0 Å². The minimum absolute atomic E-state index is 0.707. The Labute approximate surface area is 89.5 Å². The number of hydrogen-bond acceptors (Lipinski definition) is 0. The summed E-state index contributed by atoms with van der Waals surface area (Å²) in [4.78, 5) is 0. The molecule has 0 nitrogen and oxygen atoms in total. The van der Waals surface area contributed by atoms with Gasteiger partial charge in [-0.3, -0.25) is 0 Å². The SMILES string of the molecule is CC(C)C1(C(C)C)C2CCCC1CC2. The maximum Gasteiger partial charge on any atom is -0.0195 e. The van der Waals surface area contributed by atoms with Crippen LogP contribution in [-0.2, 0) is 0 Å². The molecule has 2 rings (SSSR count). The normalized spacial score (nSPS) is 35.6. The van der Waals surface area contributed by atoms with Crippen molar-refractivity contribution in [1.29, 1.82) is 0 Å². The summed E-state index contributed by atoms with van der Waals surface area (Å²) in [7, 11) is 0. The van der Waals surface area contributed by atoms with Gasteiger partial charge in [-0.25, -0.2) is 0 Å². The van der Waals surface area contributed by atoms with Crippen molar-refractivity contribution in [3.63, 3.8) is 0 Å². The Kier molecular flexibility index (Phi) is 2.66. The van der Waals surface area contributed by atoms with Crippen LogP contribution in [0.25, 0.3) is 0 Å². The van der Waals surface area contributed by atoms with E-state index in [9.17, 15) is 0 Å². The highest BCUT2D eigenvalue weighted by atomic mass is 14.6. The first-order valence-electron chi connectivity index (χ1n) is 6.60. The van der Waals surface area contributed by atoms with Gasteiger partial charge in [0.05, 0.1) is 0 Å². The van der Waals surface area contributed by atoms with Gasteiger partial charge in [-0.15, -0.1) is 0 Å². The Hall–Kier alpha value is 0. The molecule has 0 aromatic carbocycles. The quantitative estimate of drug-likeness (QED) is 0.607. The Morgan fingerprint density at radius 3 is 1.50 bits per heavy atom.